The van der Waals surface area contributed by atoms with E-state index in [-0.39, 0.29) is 0 Å². The first-order valence-electron chi connectivity index (χ1n) is 10.6. The number of nitrogens with one attached hydrogen (secondary N) is 1. The van der Waals surface area contributed by atoms with Crippen molar-refractivity contribution in [3.63, 3.8) is 0 Å². The van der Waals surface area contributed by atoms with E-state index in [9.17, 15) is 0 Å². The third-order valence-electron chi connectivity index (χ3n) is 5.07. The van der Waals surface area contributed by atoms with Crippen LogP contribution in [0.1, 0.15) is 37.0 Å². The molecule has 3 aromatic rings. The van der Waals surface area contributed by atoms with Crippen LogP contribution in [0.2, 0.25) is 10.0 Å². The largest absolute Gasteiger partial charge is 0.490 e. The van der Waals surface area contributed by atoms with Crippen molar-refractivity contribution >= 4 is 23.2 Å². The second-order valence-electron chi connectivity index (χ2n) is 7.54. The van der Waals surface area contributed by atoms with E-state index in [1.165, 1.54) is 5.56 Å². The zero-order valence-electron chi connectivity index (χ0n) is 18.0. The molecular weight excluding hydrogens is 429 g/mol. The smallest absolute Gasteiger partial charge is 0.161 e. The molecule has 3 rings (SSSR count). The van der Waals surface area contributed by atoms with Gasteiger partial charge < -0.3 is 14.8 Å². The van der Waals surface area contributed by atoms with Crippen molar-refractivity contribution in [2.75, 3.05) is 6.61 Å². The highest BCUT2D eigenvalue weighted by Crippen LogP contribution is 2.30. The van der Waals surface area contributed by atoms with E-state index in [0.29, 0.717) is 35.1 Å². The van der Waals surface area contributed by atoms with E-state index >= 15 is 0 Å². The molecule has 0 aliphatic carbocycles. The Kier molecular flexibility index (Phi) is 9.08. The molecule has 0 aromatic heterocycles. The fourth-order valence-corrected chi connectivity index (χ4v) is 3.73. The number of hydrogen-bond donors (Lipinski definition) is 1. The lowest BCUT2D eigenvalue weighted by Crippen LogP contribution is -2.26. The number of hydrogen-bond acceptors (Lipinski definition) is 3. The van der Waals surface area contributed by atoms with E-state index < -0.39 is 0 Å². The van der Waals surface area contributed by atoms with Gasteiger partial charge in [0, 0.05) is 28.2 Å². The quantitative estimate of drug-likeness (QED) is 0.333. The maximum Gasteiger partial charge on any atom is 0.161 e. The Balaban J connectivity index is 1.56. The summed E-state index contributed by atoms with van der Waals surface area (Å²) in [4.78, 5) is 0. The van der Waals surface area contributed by atoms with E-state index in [0.717, 1.165) is 36.3 Å². The summed E-state index contributed by atoms with van der Waals surface area (Å²) >= 11 is 12.2. The highest BCUT2D eigenvalue weighted by atomic mass is 35.5. The Morgan fingerprint density at radius 2 is 1.68 bits per heavy atom. The first-order valence-corrected chi connectivity index (χ1v) is 11.4. The van der Waals surface area contributed by atoms with Crippen molar-refractivity contribution in [1.82, 2.24) is 5.32 Å². The van der Waals surface area contributed by atoms with Gasteiger partial charge in [-0.05, 0) is 62.1 Å². The minimum atomic E-state index is 0.351. The van der Waals surface area contributed by atoms with Gasteiger partial charge in [0.25, 0.3) is 0 Å². The molecule has 0 saturated carbocycles. The van der Waals surface area contributed by atoms with Gasteiger partial charge in [0.15, 0.2) is 11.5 Å². The van der Waals surface area contributed by atoms with Gasteiger partial charge in [-0.2, -0.15) is 0 Å². The third-order valence-corrected chi connectivity index (χ3v) is 5.66. The van der Waals surface area contributed by atoms with Crippen LogP contribution in [0.4, 0.5) is 0 Å². The summed E-state index contributed by atoms with van der Waals surface area (Å²) in [6, 6.07) is 22.5. The van der Waals surface area contributed by atoms with Gasteiger partial charge in [-0.15, -0.1) is 0 Å². The van der Waals surface area contributed by atoms with Crippen LogP contribution in [-0.4, -0.2) is 12.6 Å². The summed E-state index contributed by atoms with van der Waals surface area (Å²) in [5, 5.41) is 4.81. The van der Waals surface area contributed by atoms with Gasteiger partial charge >= 0.3 is 0 Å². The Bertz CT molecular complexity index is 963. The van der Waals surface area contributed by atoms with Crippen LogP contribution in [0, 0.1) is 0 Å². The van der Waals surface area contributed by atoms with E-state index in [4.69, 9.17) is 32.7 Å². The number of benzene rings is 3. The minimum Gasteiger partial charge on any atom is -0.490 e. The van der Waals surface area contributed by atoms with Gasteiger partial charge in [0.1, 0.15) is 6.61 Å². The van der Waals surface area contributed by atoms with Crippen molar-refractivity contribution in [2.24, 2.45) is 0 Å². The average molecular weight is 458 g/mol. The Labute approximate surface area is 195 Å². The lowest BCUT2D eigenvalue weighted by atomic mass is 10.1. The molecule has 0 amide bonds. The molecule has 0 heterocycles. The predicted molar refractivity (Wildman–Crippen MR) is 129 cm³/mol. The zero-order chi connectivity index (χ0) is 22.1. The molecule has 1 atom stereocenters. The molecule has 164 valence electrons. The second kappa shape index (κ2) is 12.0. The van der Waals surface area contributed by atoms with Crippen molar-refractivity contribution in [3.8, 4) is 11.5 Å². The molecule has 5 heteroatoms. The molecule has 0 radical (unpaired) electrons. The topological polar surface area (TPSA) is 30.5 Å². The summed E-state index contributed by atoms with van der Waals surface area (Å²) in [6.45, 7) is 5.89. The fraction of sp³-hybridized carbons (Fsp3) is 0.308. The van der Waals surface area contributed by atoms with Crippen LogP contribution in [0.15, 0.2) is 66.7 Å². The van der Waals surface area contributed by atoms with Crippen molar-refractivity contribution in [2.45, 2.75) is 45.9 Å². The highest BCUT2D eigenvalue weighted by molar-refractivity contribution is 6.35. The van der Waals surface area contributed by atoms with Gasteiger partial charge in [0.05, 0.1) is 6.61 Å². The SMILES string of the molecule is CCOc1cc(CN[C@@H](C)CCc2ccccc2)ccc1OCc1ccc(Cl)cc1Cl. The van der Waals surface area contributed by atoms with Crippen LogP contribution < -0.4 is 14.8 Å². The molecule has 0 aliphatic heterocycles. The van der Waals surface area contributed by atoms with Gasteiger partial charge in [-0.3, -0.25) is 0 Å². The fourth-order valence-electron chi connectivity index (χ4n) is 3.27. The summed E-state index contributed by atoms with van der Waals surface area (Å²) in [7, 11) is 0. The first-order chi connectivity index (χ1) is 15.0. The average Bonchev–Trinajstić information content (AvgIpc) is 2.77. The molecule has 1 N–H and O–H groups in total. The second-order valence-corrected chi connectivity index (χ2v) is 8.39. The lowest BCUT2D eigenvalue weighted by Gasteiger charge is -2.16. The molecular formula is C26H29Cl2NO2. The Morgan fingerprint density at radius 1 is 0.871 bits per heavy atom. The number of aryl methyl sites for hydroxylation is 1. The van der Waals surface area contributed by atoms with Crippen LogP contribution in [0.25, 0.3) is 0 Å². The van der Waals surface area contributed by atoms with Gasteiger partial charge in [-0.1, -0.05) is 65.7 Å². The van der Waals surface area contributed by atoms with Gasteiger partial charge in [0.2, 0.25) is 0 Å². The van der Waals surface area contributed by atoms with E-state index in [1.807, 2.05) is 31.2 Å². The normalized spacial score (nSPS) is 11.9. The molecule has 3 aromatic carbocycles. The molecule has 31 heavy (non-hydrogen) atoms. The maximum absolute atomic E-state index is 6.25. The number of halogens is 2. The third kappa shape index (κ3) is 7.46. The molecule has 0 bridgehead atoms. The van der Waals surface area contributed by atoms with Crippen molar-refractivity contribution in [1.29, 1.82) is 0 Å². The van der Waals surface area contributed by atoms with Crippen molar-refractivity contribution < 1.29 is 9.47 Å². The standard InChI is InChI=1S/C26H29Cl2NO2/c1-3-30-26-15-21(17-29-19(2)9-10-20-7-5-4-6-8-20)11-14-25(26)31-18-22-12-13-23(27)16-24(22)28/h4-8,11-16,19,29H,3,9-10,17-18H2,1-2H3/t19-/m0/s1. The van der Waals surface area contributed by atoms with Crippen LogP contribution in [0.3, 0.4) is 0 Å². The Hall–Kier alpha value is -2.20. The van der Waals surface area contributed by atoms with Gasteiger partial charge in [-0.25, -0.2) is 0 Å². The Morgan fingerprint density at radius 3 is 2.42 bits per heavy atom. The molecule has 0 spiro atoms. The highest BCUT2D eigenvalue weighted by Gasteiger charge is 2.10. The summed E-state index contributed by atoms with van der Waals surface area (Å²) in [5.41, 5.74) is 3.41. The van der Waals surface area contributed by atoms with Crippen molar-refractivity contribution in [3.05, 3.63) is 93.5 Å². The van der Waals surface area contributed by atoms with E-state index in [2.05, 4.69) is 48.6 Å². The maximum atomic E-state index is 6.25. The number of rotatable bonds is 11. The lowest BCUT2D eigenvalue weighted by molar-refractivity contribution is 0.269. The summed E-state index contributed by atoms with van der Waals surface area (Å²) < 4.78 is 11.8. The molecule has 0 fully saturated rings. The van der Waals surface area contributed by atoms with Crippen LogP contribution in [-0.2, 0) is 19.6 Å². The van der Waals surface area contributed by atoms with Crippen LogP contribution >= 0.6 is 23.2 Å². The minimum absolute atomic E-state index is 0.351. The monoisotopic (exact) mass is 457 g/mol. The predicted octanol–water partition coefficient (Wildman–Crippen LogP) is 7.08. The summed E-state index contributed by atoms with van der Waals surface area (Å²) in [5.74, 6) is 1.44. The summed E-state index contributed by atoms with van der Waals surface area (Å²) in [6.07, 6.45) is 2.16. The number of ether oxygens (including phenoxy) is 2. The zero-order valence-corrected chi connectivity index (χ0v) is 19.5. The van der Waals surface area contributed by atoms with E-state index in [1.54, 1.807) is 6.07 Å². The first kappa shape index (κ1) is 23.5. The van der Waals surface area contributed by atoms with Crippen LogP contribution in [0.5, 0.6) is 11.5 Å². The molecule has 3 nitrogen and oxygen atoms in total. The molecule has 0 aliphatic rings. The molecule has 0 saturated heterocycles. The molecule has 0 unspecified atom stereocenters.